The zero-order chi connectivity index (χ0) is 20.4. The van der Waals surface area contributed by atoms with Gasteiger partial charge in [0, 0.05) is 0 Å². The number of ether oxygens (including phenoxy) is 1. The van der Waals surface area contributed by atoms with Gasteiger partial charge in [0.1, 0.15) is 11.3 Å². The Morgan fingerprint density at radius 1 is 1.07 bits per heavy atom. The van der Waals surface area contributed by atoms with Crippen LogP contribution in [-0.4, -0.2) is 23.9 Å². The van der Waals surface area contributed by atoms with Crippen molar-refractivity contribution in [3.05, 3.63) is 63.6 Å². The second kappa shape index (κ2) is 7.98. The molecule has 144 valence electrons. The van der Waals surface area contributed by atoms with Gasteiger partial charge in [0.15, 0.2) is 0 Å². The van der Waals surface area contributed by atoms with Gasteiger partial charge >= 0.3 is 6.03 Å². The molecule has 0 bridgehead atoms. The summed E-state index contributed by atoms with van der Waals surface area (Å²) in [6.45, 7) is 5.75. The molecule has 0 unspecified atom stereocenters. The average Bonchev–Trinajstić information content (AvgIpc) is 2.62. The van der Waals surface area contributed by atoms with Gasteiger partial charge in [-0.2, -0.15) is 0 Å². The Bertz CT molecular complexity index is 980. The van der Waals surface area contributed by atoms with Gasteiger partial charge < -0.3 is 4.74 Å². The number of halogens is 1. The predicted molar refractivity (Wildman–Crippen MR) is 110 cm³/mol. The number of aryl methyl sites for hydroxylation is 1. The van der Waals surface area contributed by atoms with Gasteiger partial charge in [-0.15, -0.1) is 0 Å². The molecule has 2 aromatic rings. The summed E-state index contributed by atoms with van der Waals surface area (Å²) in [5.74, 6) is -0.735. The van der Waals surface area contributed by atoms with Gasteiger partial charge in [0.25, 0.3) is 11.8 Å². The van der Waals surface area contributed by atoms with Crippen molar-refractivity contribution in [3.63, 3.8) is 0 Å². The van der Waals surface area contributed by atoms with Crippen LogP contribution in [0.1, 0.15) is 25.0 Å². The number of benzene rings is 2. The number of anilines is 1. The third-order valence-corrected chi connectivity index (χ3v) is 4.64. The summed E-state index contributed by atoms with van der Waals surface area (Å²) in [6, 6.07) is 11.4. The van der Waals surface area contributed by atoms with Crippen molar-refractivity contribution < 1.29 is 19.1 Å². The Labute approximate surface area is 171 Å². The molecule has 0 atom stereocenters. The van der Waals surface area contributed by atoms with E-state index in [4.69, 9.17) is 4.74 Å². The summed E-state index contributed by atoms with van der Waals surface area (Å²) in [4.78, 5) is 38.3. The van der Waals surface area contributed by atoms with Crippen molar-refractivity contribution >= 4 is 45.5 Å². The molecule has 0 aliphatic carbocycles. The van der Waals surface area contributed by atoms with Gasteiger partial charge in [-0.05, 0) is 72.6 Å². The van der Waals surface area contributed by atoms with E-state index in [1.165, 1.54) is 6.08 Å². The van der Waals surface area contributed by atoms with Crippen LogP contribution in [0, 0.1) is 6.92 Å². The van der Waals surface area contributed by atoms with Crippen LogP contribution < -0.4 is 15.0 Å². The van der Waals surface area contributed by atoms with Crippen LogP contribution in [0.25, 0.3) is 6.08 Å². The Morgan fingerprint density at radius 3 is 2.36 bits per heavy atom. The first-order chi connectivity index (χ1) is 13.3. The second-order valence-corrected chi connectivity index (χ2v) is 7.50. The Morgan fingerprint density at radius 2 is 1.75 bits per heavy atom. The van der Waals surface area contributed by atoms with Gasteiger partial charge in [0.2, 0.25) is 0 Å². The van der Waals surface area contributed by atoms with Gasteiger partial charge in [-0.1, -0.05) is 23.8 Å². The maximum absolute atomic E-state index is 12.9. The van der Waals surface area contributed by atoms with Crippen LogP contribution in [0.4, 0.5) is 10.5 Å². The lowest BCUT2D eigenvalue weighted by Gasteiger charge is -2.26. The van der Waals surface area contributed by atoms with E-state index < -0.39 is 17.8 Å². The number of carbonyl (C=O) groups is 3. The van der Waals surface area contributed by atoms with Crippen LogP contribution in [0.3, 0.4) is 0 Å². The van der Waals surface area contributed by atoms with Gasteiger partial charge in [-0.3, -0.25) is 14.9 Å². The van der Waals surface area contributed by atoms with Crippen molar-refractivity contribution in [3.8, 4) is 5.75 Å². The molecule has 7 heteroatoms. The van der Waals surface area contributed by atoms with E-state index in [2.05, 4.69) is 21.2 Å². The molecule has 0 spiro atoms. The van der Waals surface area contributed by atoms with Crippen LogP contribution in [-0.2, 0) is 9.59 Å². The predicted octanol–water partition coefficient (Wildman–Crippen LogP) is 4.21. The summed E-state index contributed by atoms with van der Waals surface area (Å²) in [5.41, 5.74) is 1.90. The van der Waals surface area contributed by atoms with Crippen molar-refractivity contribution in [2.45, 2.75) is 26.9 Å². The minimum Gasteiger partial charge on any atom is -0.490 e. The molecule has 4 amide bonds. The third kappa shape index (κ3) is 4.14. The molecule has 0 aromatic heterocycles. The highest BCUT2D eigenvalue weighted by atomic mass is 79.9. The average molecular weight is 443 g/mol. The molecule has 2 aromatic carbocycles. The van der Waals surface area contributed by atoms with E-state index >= 15 is 0 Å². The van der Waals surface area contributed by atoms with E-state index in [9.17, 15) is 14.4 Å². The molecule has 28 heavy (non-hydrogen) atoms. The number of hydrogen-bond acceptors (Lipinski definition) is 4. The monoisotopic (exact) mass is 442 g/mol. The number of nitrogens with one attached hydrogen (secondary N) is 1. The highest BCUT2D eigenvalue weighted by molar-refractivity contribution is 9.10. The number of amides is 4. The molecule has 0 radical (unpaired) electrons. The molecular formula is C21H19BrN2O4. The minimum atomic E-state index is -0.766. The molecule has 0 saturated carbocycles. The van der Waals surface area contributed by atoms with Crippen LogP contribution in [0.5, 0.6) is 5.75 Å². The molecule has 1 aliphatic heterocycles. The summed E-state index contributed by atoms with van der Waals surface area (Å²) in [5, 5.41) is 2.22. The minimum absolute atomic E-state index is 0.0142. The summed E-state index contributed by atoms with van der Waals surface area (Å²) in [6.07, 6.45) is 1.47. The van der Waals surface area contributed by atoms with Gasteiger partial charge in [-0.25, -0.2) is 9.69 Å². The highest BCUT2D eigenvalue weighted by Gasteiger charge is 2.36. The maximum atomic E-state index is 12.9. The quantitative estimate of drug-likeness (QED) is 0.568. The first-order valence-corrected chi connectivity index (χ1v) is 9.50. The number of nitrogens with zero attached hydrogens (tertiary/aromatic N) is 1. The van der Waals surface area contributed by atoms with Crippen molar-refractivity contribution in [2.24, 2.45) is 0 Å². The van der Waals surface area contributed by atoms with E-state index in [1.54, 1.807) is 42.5 Å². The normalized spacial score (nSPS) is 16.0. The zero-order valence-corrected chi connectivity index (χ0v) is 17.2. The topological polar surface area (TPSA) is 75.7 Å². The lowest BCUT2D eigenvalue weighted by Crippen LogP contribution is -2.54. The number of rotatable bonds is 4. The van der Waals surface area contributed by atoms with Crippen molar-refractivity contribution in [1.82, 2.24) is 5.32 Å². The molecule has 1 N–H and O–H groups in total. The fourth-order valence-corrected chi connectivity index (χ4v) is 3.20. The number of hydrogen-bond donors (Lipinski definition) is 1. The Hall–Kier alpha value is -2.93. The Balaban J connectivity index is 1.95. The van der Waals surface area contributed by atoms with E-state index in [0.29, 0.717) is 21.5 Å². The fraction of sp³-hybridized carbons (Fsp3) is 0.190. The maximum Gasteiger partial charge on any atom is 0.335 e. The smallest absolute Gasteiger partial charge is 0.335 e. The summed E-state index contributed by atoms with van der Waals surface area (Å²) in [7, 11) is 0. The summed E-state index contributed by atoms with van der Waals surface area (Å²) < 4.78 is 6.36. The lowest BCUT2D eigenvalue weighted by atomic mass is 10.1. The molecule has 1 fully saturated rings. The molecule has 1 heterocycles. The van der Waals surface area contributed by atoms with E-state index in [1.807, 2.05) is 20.8 Å². The number of barbiturate groups is 1. The van der Waals surface area contributed by atoms with Crippen LogP contribution in [0.15, 0.2) is 52.5 Å². The first-order valence-electron chi connectivity index (χ1n) is 8.70. The van der Waals surface area contributed by atoms with Gasteiger partial charge in [0.05, 0.1) is 16.3 Å². The van der Waals surface area contributed by atoms with Crippen LogP contribution >= 0.6 is 15.9 Å². The molecule has 1 aliphatic rings. The number of imide groups is 2. The second-order valence-electron chi connectivity index (χ2n) is 6.65. The molecule has 6 nitrogen and oxygen atoms in total. The number of carbonyl (C=O) groups excluding carboxylic acids is 3. The fourth-order valence-electron chi connectivity index (χ4n) is 2.71. The van der Waals surface area contributed by atoms with Crippen LogP contribution in [0.2, 0.25) is 0 Å². The van der Waals surface area contributed by atoms with Crippen molar-refractivity contribution in [2.75, 3.05) is 4.90 Å². The largest absolute Gasteiger partial charge is 0.490 e. The summed E-state index contributed by atoms with van der Waals surface area (Å²) >= 11 is 3.43. The molecule has 1 saturated heterocycles. The Kier molecular flexibility index (Phi) is 5.65. The van der Waals surface area contributed by atoms with E-state index in [-0.39, 0.29) is 11.7 Å². The number of urea groups is 1. The lowest BCUT2D eigenvalue weighted by molar-refractivity contribution is -0.122. The standard InChI is InChI=1S/C21H19BrN2O4/c1-12(2)28-18-9-6-14(11-17(18)22)10-16-19(25)23-21(27)24(20(16)26)15-7-4-13(3)5-8-15/h4-12H,1-3H3,(H,23,25,27)/b16-10+. The first kappa shape index (κ1) is 19.8. The van der Waals surface area contributed by atoms with E-state index in [0.717, 1.165) is 10.5 Å². The SMILES string of the molecule is Cc1ccc(N2C(=O)NC(=O)/C(=C\c3ccc(OC(C)C)c(Br)c3)C2=O)cc1. The third-order valence-electron chi connectivity index (χ3n) is 4.02. The highest BCUT2D eigenvalue weighted by Crippen LogP contribution is 2.29. The van der Waals surface area contributed by atoms with Crippen molar-refractivity contribution in [1.29, 1.82) is 0 Å². The zero-order valence-electron chi connectivity index (χ0n) is 15.7. The molecule has 3 rings (SSSR count). The molecular weight excluding hydrogens is 424 g/mol.